The van der Waals surface area contributed by atoms with E-state index in [0.717, 1.165) is 0 Å². The molecular formula is C21H20O6. The molecule has 0 aliphatic heterocycles. The fourth-order valence-corrected chi connectivity index (χ4v) is 2.57. The predicted molar refractivity (Wildman–Crippen MR) is 101 cm³/mol. The minimum atomic E-state index is -0.360. The van der Waals surface area contributed by atoms with Crippen LogP contribution in [0.15, 0.2) is 51.7 Å². The van der Waals surface area contributed by atoms with Gasteiger partial charge in [-0.05, 0) is 38.1 Å². The van der Waals surface area contributed by atoms with E-state index >= 15 is 0 Å². The monoisotopic (exact) mass is 368 g/mol. The van der Waals surface area contributed by atoms with Crippen molar-refractivity contribution in [3.05, 3.63) is 58.4 Å². The number of rotatable bonds is 6. The van der Waals surface area contributed by atoms with Gasteiger partial charge in [-0.2, -0.15) is 0 Å². The summed E-state index contributed by atoms with van der Waals surface area (Å²) in [5, 5.41) is 0.334. The van der Waals surface area contributed by atoms with Gasteiger partial charge in [0.15, 0.2) is 11.5 Å². The molecule has 0 saturated heterocycles. The summed E-state index contributed by atoms with van der Waals surface area (Å²) in [5.41, 5.74) is 0.0118. The Morgan fingerprint density at radius 3 is 2.52 bits per heavy atom. The molecule has 0 aliphatic rings. The van der Waals surface area contributed by atoms with Crippen LogP contribution in [0.3, 0.4) is 0 Å². The highest BCUT2D eigenvalue weighted by Crippen LogP contribution is 2.33. The standard InChI is InChI=1S/C21H20O6/c1-4-19(22)26-14-10-11-15-18(12-14)25-13(3)21(20(15)23)27-17-9-7-6-8-16(17)24-5-2/h6-12H,4-5H2,1-3H3. The Hall–Kier alpha value is -3.28. The van der Waals surface area contributed by atoms with E-state index in [1.807, 2.05) is 13.0 Å². The van der Waals surface area contributed by atoms with Crippen molar-refractivity contribution in [2.45, 2.75) is 27.2 Å². The number of benzene rings is 2. The zero-order chi connectivity index (χ0) is 19.4. The summed E-state index contributed by atoms with van der Waals surface area (Å²) in [4.78, 5) is 24.3. The normalized spacial score (nSPS) is 10.6. The van der Waals surface area contributed by atoms with Gasteiger partial charge in [-0.25, -0.2) is 0 Å². The minimum Gasteiger partial charge on any atom is -0.490 e. The predicted octanol–water partition coefficient (Wildman–Crippen LogP) is 4.61. The van der Waals surface area contributed by atoms with Gasteiger partial charge >= 0.3 is 5.97 Å². The van der Waals surface area contributed by atoms with E-state index in [9.17, 15) is 9.59 Å². The molecule has 0 saturated carbocycles. The maximum atomic E-state index is 12.9. The van der Waals surface area contributed by atoms with Crippen LogP contribution in [0.4, 0.5) is 0 Å². The SMILES string of the molecule is CCOc1ccccc1Oc1c(C)oc2cc(OC(=O)CC)ccc2c1=O. The van der Waals surface area contributed by atoms with E-state index in [1.165, 1.54) is 6.07 Å². The number of esters is 1. The van der Waals surface area contributed by atoms with Crippen molar-refractivity contribution in [2.75, 3.05) is 6.61 Å². The maximum absolute atomic E-state index is 12.9. The van der Waals surface area contributed by atoms with Gasteiger partial charge in [0.1, 0.15) is 17.1 Å². The Labute approximate surface area is 156 Å². The van der Waals surface area contributed by atoms with Crippen molar-refractivity contribution in [3.8, 4) is 23.0 Å². The molecule has 3 rings (SSSR count). The molecule has 0 amide bonds. The lowest BCUT2D eigenvalue weighted by Crippen LogP contribution is -2.09. The molecule has 6 nitrogen and oxygen atoms in total. The third-order valence-electron chi connectivity index (χ3n) is 3.87. The number of hydrogen-bond donors (Lipinski definition) is 0. The Bertz CT molecular complexity index is 1030. The lowest BCUT2D eigenvalue weighted by Gasteiger charge is -2.12. The molecule has 0 radical (unpaired) electrons. The molecule has 0 aliphatic carbocycles. The van der Waals surface area contributed by atoms with Crippen LogP contribution < -0.4 is 19.6 Å². The van der Waals surface area contributed by atoms with Crippen molar-refractivity contribution in [1.29, 1.82) is 0 Å². The fraction of sp³-hybridized carbons (Fsp3) is 0.238. The topological polar surface area (TPSA) is 75.0 Å². The minimum absolute atomic E-state index is 0.0907. The third-order valence-corrected chi connectivity index (χ3v) is 3.87. The van der Waals surface area contributed by atoms with Crippen LogP contribution in [0.1, 0.15) is 26.0 Å². The molecule has 0 unspecified atom stereocenters. The molecule has 2 aromatic carbocycles. The molecular weight excluding hydrogens is 348 g/mol. The van der Waals surface area contributed by atoms with Crippen molar-refractivity contribution < 1.29 is 23.4 Å². The molecule has 1 heterocycles. The van der Waals surface area contributed by atoms with Gasteiger partial charge in [-0.1, -0.05) is 19.1 Å². The molecule has 0 bridgehead atoms. The van der Waals surface area contributed by atoms with Crippen LogP contribution in [0, 0.1) is 6.92 Å². The lowest BCUT2D eigenvalue weighted by atomic mass is 10.2. The molecule has 0 N–H and O–H groups in total. The van der Waals surface area contributed by atoms with E-state index in [4.69, 9.17) is 18.6 Å². The van der Waals surface area contributed by atoms with E-state index < -0.39 is 0 Å². The summed E-state index contributed by atoms with van der Waals surface area (Å²) in [6, 6.07) is 11.7. The summed E-state index contributed by atoms with van der Waals surface area (Å²) in [5.74, 6) is 1.35. The molecule has 27 heavy (non-hydrogen) atoms. The fourth-order valence-electron chi connectivity index (χ4n) is 2.57. The highest BCUT2D eigenvalue weighted by molar-refractivity contribution is 5.81. The lowest BCUT2D eigenvalue weighted by molar-refractivity contribution is -0.134. The van der Waals surface area contributed by atoms with Crippen LogP contribution in [0.2, 0.25) is 0 Å². The third kappa shape index (κ3) is 3.95. The Morgan fingerprint density at radius 1 is 1.07 bits per heavy atom. The largest absolute Gasteiger partial charge is 0.490 e. The number of fused-ring (bicyclic) bond motifs is 1. The summed E-state index contributed by atoms with van der Waals surface area (Å²) in [6.45, 7) is 5.70. The van der Waals surface area contributed by atoms with Gasteiger partial charge in [-0.3, -0.25) is 9.59 Å². The van der Waals surface area contributed by atoms with Crippen molar-refractivity contribution >= 4 is 16.9 Å². The second-order valence-corrected chi connectivity index (χ2v) is 5.78. The summed E-state index contributed by atoms with van der Waals surface area (Å²) in [6.07, 6.45) is 0.257. The zero-order valence-corrected chi connectivity index (χ0v) is 15.4. The highest BCUT2D eigenvalue weighted by Gasteiger charge is 2.16. The molecule has 6 heteroatoms. The Kier molecular flexibility index (Phi) is 5.45. The van der Waals surface area contributed by atoms with Crippen LogP contribution in [0.5, 0.6) is 23.0 Å². The first kappa shape index (κ1) is 18.5. The zero-order valence-electron chi connectivity index (χ0n) is 15.4. The molecule has 3 aromatic rings. The van der Waals surface area contributed by atoms with Crippen LogP contribution in [-0.2, 0) is 4.79 Å². The molecule has 1 aromatic heterocycles. The molecule has 140 valence electrons. The smallest absolute Gasteiger partial charge is 0.310 e. The number of hydrogen-bond acceptors (Lipinski definition) is 6. The van der Waals surface area contributed by atoms with Crippen LogP contribution in [-0.4, -0.2) is 12.6 Å². The van der Waals surface area contributed by atoms with Gasteiger partial charge in [0, 0.05) is 12.5 Å². The molecule has 0 atom stereocenters. The number of carbonyl (C=O) groups is 1. The second kappa shape index (κ2) is 7.95. The van der Waals surface area contributed by atoms with Gasteiger partial charge in [0.05, 0.1) is 12.0 Å². The molecule has 0 fully saturated rings. The van der Waals surface area contributed by atoms with E-state index in [-0.39, 0.29) is 23.6 Å². The van der Waals surface area contributed by atoms with Crippen LogP contribution in [0.25, 0.3) is 11.0 Å². The van der Waals surface area contributed by atoms with Gasteiger partial charge in [-0.15, -0.1) is 0 Å². The maximum Gasteiger partial charge on any atom is 0.310 e. The Morgan fingerprint density at radius 2 is 1.81 bits per heavy atom. The average molecular weight is 368 g/mol. The van der Waals surface area contributed by atoms with E-state index in [1.54, 1.807) is 44.2 Å². The molecule has 0 spiro atoms. The first-order valence-electron chi connectivity index (χ1n) is 8.71. The van der Waals surface area contributed by atoms with Gasteiger partial charge in [0.2, 0.25) is 11.2 Å². The number of ether oxygens (including phenoxy) is 3. The van der Waals surface area contributed by atoms with Crippen molar-refractivity contribution in [1.82, 2.24) is 0 Å². The highest BCUT2D eigenvalue weighted by atomic mass is 16.5. The van der Waals surface area contributed by atoms with E-state index in [2.05, 4.69) is 0 Å². The first-order chi connectivity index (χ1) is 13.0. The number of para-hydroxylation sites is 2. The summed E-state index contributed by atoms with van der Waals surface area (Å²) < 4.78 is 22.3. The van der Waals surface area contributed by atoms with Crippen LogP contribution >= 0.6 is 0 Å². The second-order valence-electron chi connectivity index (χ2n) is 5.78. The van der Waals surface area contributed by atoms with Gasteiger partial charge < -0.3 is 18.6 Å². The van der Waals surface area contributed by atoms with Gasteiger partial charge in [0.25, 0.3) is 0 Å². The Balaban J connectivity index is 2.01. The summed E-state index contributed by atoms with van der Waals surface area (Å²) >= 11 is 0. The number of aryl methyl sites for hydroxylation is 1. The quantitative estimate of drug-likeness (QED) is 0.467. The van der Waals surface area contributed by atoms with Crippen molar-refractivity contribution in [3.63, 3.8) is 0 Å². The number of carbonyl (C=O) groups excluding carboxylic acids is 1. The average Bonchev–Trinajstić information content (AvgIpc) is 2.66. The van der Waals surface area contributed by atoms with Crippen molar-refractivity contribution in [2.24, 2.45) is 0 Å². The summed E-state index contributed by atoms with van der Waals surface area (Å²) in [7, 11) is 0. The first-order valence-corrected chi connectivity index (χ1v) is 8.71. The van der Waals surface area contributed by atoms with E-state index in [0.29, 0.717) is 40.6 Å².